The molecule has 0 fully saturated rings. The van der Waals surface area contributed by atoms with E-state index in [-0.39, 0.29) is 18.6 Å². The molecule has 5 N–H and O–H groups in total. The molecular formula is C13H21N3O2. The van der Waals surface area contributed by atoms with Crippen molar-refractivity contribution in [3.63, 3.8) is 0 Å². The molecule has 18 heavy (non-hydrogen) atoms. The van der Waals surface area contributed by atoms with Crippen molar-refractivity contribution < 1.29 is 9.90 Å². The summed E-state index contributed by atoms with van der Waals surface area (Å²) in [5.41, 5.74) is 6.84. The Morgan fingerprint density at radius 2 is 1.94 bits per heavy atom. The number of primary amides is 1. The number of hydrogen-bond donors (Lipinski definition) is 4. The van der Waals surface area contributed by atoms with Crippen LogP contribution < -0.4 is 16.4 Å². The zero-order valence-corrected chi connectivity index (χ0v) is 10.8. The number of carbonyl (C=O) groups excluding carboxylic acids is 1. The van der Waals surface area contributed by atoms with Crippen LogP contribution in [-0.2, 0) is 0 Å². The zero-order valence-electron chi connectivity index (χ0n) is 10.8. The Balaban J connectivity index is 2.53. The van der Waals surface area contributed by atoms with Gasteiger partial charge in [-0.25, -0.2) is 4.79 Å². The van der Waals surface area contributed by atoms with Crippen molar-refractivity contribution in [2.45, 2.75) is 19.9 Å². The van der Waals surface area contributed by atoms with Gasteiger partial charge < -0.3 is 21.5 Å². The summed E-state index contributed by atoms with van der Waals surface area (Å²) >= 11 is 0. The number of anilines is 1. The molecule has 0 bridgehead atoms. The average molecular weight is 251 g/mol. The van der Waals surface area contributed by atoms with Crippen LogP contribution >= 0.6 is 0 Å². The molecule has 0 saturated heterocycles. The smallest absolute Gasteiger partial charge is 0.316 e. The van der Waals surface area contributed by atoms with E-state index in [9.17, 15) is 4.79 Å². The standard InChI is InChI=1S/C13H21N3O2/c1-9(8-17)7-15-10(2)11-3-5-12(6-4-11)16-13(14)18/h3-6,9-10,15,17H,7-8H2,1-2H3,(H3,14,16,18). The summed E-state index contributed by atoms with van der Waals surface area (Å²) in [6, 6.07) is 7.13. The second kappa shape index (κ2) is 6.98. The SMILES string of the molecule is CC(CO)CNC(C)c1ccc(NC(N)=O)cc1. The van der Waals surface area contributed by atoms with Crippen LogP contribution in [0.2, 0.25) is 0 Å². The van der Waals surface area contributed by atoms with Crippen molar-refractivity contribution in [3.8, 4) is 0 Å². The number of urea groups is 1. The highest BCUT2D eigenvalue weighted by atomic mass is 16.3. The van der Waals surface area contributed by atoms with E-state index in [4.69, 9.17) is 10.8 Å². The van der Waals surface area contributed by atoms with Crippen LogP contribution in [0, 0.1) is 5.92 Å². The molecule has 0 aliphatic rings. The second-order valence-corrected chi connectivity index (χ2v) is 4.53. The Hall–Kier alpha value is -1.59. The van der Waals surface area contributed by atoms with Crippen LogP contribution in [0.25, 0.3) is 0 Å². The molecule has 0 aliphatic heterocycles. The molecule has 1 aromatic carbocycles. The van der Waals surface area contributed by atoms with Crippen molar-refractivity contribution >= 4 is 11.7 Å². The minimum atomic E-state index is -0.564. The van der Waals surface area contributed by atoms with Crippen molar-refractivity contribution in [3.05, 3.63) is 29.8 Å². The monoisotopic (exact) mass is 251 g/mol. The fraction of sp³-hybridized carbons (Fsp3) is 0.462. The summed E-state index contributed by atoms with van der Waals surface area (Å²) in [5, 5.41) is 14.8. The van der Waals surface area contributed by atoms with Gasteiger partial charge in [0.1, 0.15) is 0 Å². The van der Waals surface area contributed by atoms with E-state index in [1.165, 1.54) is 0 Å². The van der Waals surface area contributed by atoms with Gasteiger partial charge in [-0.15, -0.1) is 0 Å². The lowest BCUT2D eigenvalue weighted by Crippen LogP contribution is -2.26. The van der Waals surface area contributed by atoms with Gasteiger partial charge in [-0.1, -0.05) is 19.1 Å². The van der Waals surface area contributed by atoms with Gasteiger partial charge in [-0.3, -0.25) is 0 Å². The largest absolute Gasteiger partial charge is 0.396 e. The maximum Gasteiger partial charge on any atom is 0.316 e. The van der Waals surface area contributed by atoms with E-state index in [1.54, 1.807) is 0 Å². The molecule has 5 heteroatoms. The number of nitrogens with two attached hydrogens (primary N) is 1. The van der Waals surface area contributed by atoms with Crippen molar-refractivity contribution in [1.82, 2.24) is 5.32 Å². The molecule has 1 aromatic rings. The van der Waals surface area contributed by atoms with Gasteiger partial charge in [-0.05, 0) is 30.5 Å². The summed E-state index contributed by atoms with van der Waals surface area (Å²) in [5.74, 6) is 0.239. The predicted octanol–water partition coefficient (Wildman–Crippen LogP) is 1.46. The molecule has 5 nitrogen and oxygen atoms in total. The van der Waals surface area contributed by atoms with E-state index in [0.29, 0.717) is 5.69 Å². The first kappa shape index (κ1) is 14.5. The Bertz CT molecular complexity index is 378. The highest BCUT2D eigenvalue weighted by molar-refractivity contribution is 5.87. The number of amides is 2. The molecule has 2 atom stereocenters. The van der Waals surface area contributed by atoms with Crippen LogP contribution in [0.4, 0.5) is 10.5 Å². The highest BCUT2D eigenvalue weighted by Gasteiger charge is 2.07. The molecule has 0 heterocycles. The maximum absolute atomic E-state index is 10.7. The first-order chi connectivity index (χ1) is 8.52. The van der Waals surface area contributed by atoms with Gasteiger partial charge in [0.2, 0.25) is 0 Å². The first-order valence-electron chi connectivity index (χ1n) is 6.03. The predicted molar refractivity (Wildman–Crippen MR) is 72.3 cm³/mol. The Morgan fingerprint density at radius 3 is 2.44 bits per heavy atom. The fourth-order valence-corrected chi connectivity index (χ4v) is 1.56. The molecule has 0 saturated carbocycles. The third kappa shape index (κ3) is 4.73. The van der Waals surface area contributed by atoms with Crippen molar-refractivity contribution in [2.75, 3.05) is 18.5 Å². The Kier molecular flexibility index (Phi) is 5.61. The topological polar surface area (TPSA) is 87.4 Å². The quantitative estimate of drug-likeness (QED) is 0.617. The first-order valence-corrected chi connectivity index (χ1v) is 6.03. The van der Waals surface area contributed by atoms with Crippen LogP contribution in [0.1, 0.15) is 25.5 Å². The van der Waals surface area contributed by atoms with Crippen molar-refractivity contribution in [2.24, 2.45) is 11.7 Å². The van der Waals surface area contributed by atoms with Crippen LogP contribution in [0.5, 0.6) is 0 Å². The van der Waals surface area contributed by atoms with Gasteiger partial charge in [0.25, 0.3) is 0 Å². The lowest BCUT2D eigenvalue weighted by Gasteiger charge is -2.17. The van der Waals surface area contributed by atoms with E-state index >= 15 is 0 Å². The number of benzene rings is 1. The van der Waals surface area contributed by atoms with Gasteiger partial charge in [-0.2, -0.15) is 0 Å². The highest BCUT2D eigenvalue weighted by Crippen LogP contribution is 2.16. The van der Waals surface area contributed by atoms with E-state index in [1.807, 2.05) is 31.2 Å². The van der Waals surface area contributed by atoms with Gasteiger partial charge in [0.05, 0.1) is 0 Å². The molecular weight excluding hydrogens is 230 g/mol. The maximum atomic E-state index is 10.7. The molecule has 0 aromatic heterocycles. The van der Waals surface area contributed by atoms with E-state index in [0.717, 1.165) is 12.1 Å². The zero-order chi connectivity index (χ0) is 13.5. The molecule has 2 amide bonds. The lowest BCUT2D eigenvalue weighted by atomic mass is 10.1. The molecule has 2 unspecified atom stereocenters. The third-order valence-electron chi connectivity index (χ3n) is 2.76. The van der Waals surface area contributed by atoms with Crippen LogP contribution in [0.15, 0.2) is 24.3 Å². The average Bonchev–Trinajstić information content (AvgIpc) is 2.35. The minimum Gasteiger partial charge on any atom is -0.396 e. The minimum absolute atomic E-state index is 0.182. The molecule has 0 radical (unpaired) electrons. The van der Waals surface area contributed by atoms with Gasteiger partial charge in [0.15, 0.2) is 0 Å². The third-order valence-corrected chi connectivity index (χ3v) is 2.76. The summed E-state index contributed by atoms with van der Waals surface area (Å²) in [4.78, 5) is 10.7. The molecule has 1 rings (SSSR count). The summed E-state index contributed by atoms with van der Waals surface area (Å²) in [7, 11) is 0. The molecule has 0 spiro atoms. The number of aliphatic hydroxyl groups excluding tert-OH is 1. The van der Waals surface area contributed by atoms with Crippen molar-refractivity contribution in [1.29, 1.82) is 0 Å². The normalized spacial score (nSPS) is 13.9. The lowest BCUT2D eigenvalue weighted by molar-refractivity contribution is 0.231. The molecule has 0 aliphatic carbocycles. The van der Waals surface area contributed by atoms with Crippen LogP contribution in [-0.4, -0.2) is 24.3 Å². The number of aliphatic hydroxyl groups is 1. The van der Waals surface area contributed by atoms with E-state index in [2.05, 4.69) is 17.6 Å². The number of hydrogen-bond acceptors (Lipinski definition) is 3. The summed E-state index contributed by atoms with van der Waals surface area (Å²) in [6.45, 7) is 4.99. The fourth-order valence-electron chi connectivity index (χ4n) is 1.56. The van der Waals surface area contributed by atoms with Gasteiger partial charge in [0, 0.05) is 24.9 Å². The summed E-state index contributed by atoms with van der Waals surface area (Å²) < 4.78 is 0. The number of carbonyl (C=O) groups is 1. The van der Waals surface area contributed by atoms with Crippen LogP contribution in [0.3, 0.4) is 0 Å². The Labute approximate surface area is 107 Å². The Morgan fingerprint density at radius 1 is 1.33 bits per heavy atom. The summed E-state index contributed by atoms with van der Waals surface area (Å²) in [6.07, 6.45) is 0. The van der Waals surface area contributed by atoms with Gasteiger partial charge >= 0.3 is 6.03 Å². The molecule has 100 valence electrons. The second-order valence-electron chi connectivity index (χ2n) is 4.53. The number of nitrogens with one attached hydrogen (secondary N) is 2. The number of rotatable bonds is 6. The van der Waals surface area contributed by atoms with E-state index < -0.39 is 6.03 Å².